The fraction of sp³-hybridized carbons (Fsp3) is 0.500. The molecule has 0 unspecified atom stereocenters. The summed E-state index contributed by atoms with van der Waals surface area (Å²) in [4.78, 5) is 5.56. The van der Waals surface area contributed by atoms with Crippen LogP contribution in [0.3, 0.4) is 0 Å². The van der Waals surface area contributed by atoms with Crippen LogP contribution in [0, 0.1) is 6.92 Å². The van der Waals surface area contributed by atoms with Crippen LogP contribution in [0.25, 0.3) is 0 Å². The van der Waals surface area contributed by atoms with Gasteiger partial charge in [-0.25, -0.2) is 0 Å². The molecule has 66 valence electrons. The summed E-state index contributed by atoms with van der Waals surface area (Å²) in [6, 6.07) is 4.14. The molecule has 1 heterocycles. The number of aryl methyl sites for hydroxylation is 1. The molecule has 0 aliphatic rings. The van der Waals surface area contributed by atoms with E-state index in [1.165, 1.54) is 23.5 Å². The molecule has 0 amide bonds. The maximum absolute atomic E-state index is 4.24. The van der Waals surface area contributed by atoms with Crippen molar-refractivity contribution in [1.82, 2.24) is 4.98 Å². The van der Waals surface area contributed by atoms with Crippen LogP contribution in [0.4, 0.5) is 0 Å². The zero-order valence-corrected chi connectivity index (χ0v) is 8.53. The Balaban J connectivity index is 2.46. The third kappa shape index (κ3) is 2.86. The number of nitrogens with zero attached hydrogens (tertiary/aromatic N) is 1. The van der Waals surface area contributed by atoms with Gasteiger partial charge in [-0.2, -0.15) is 0 Å². The number of aromatic nitrogens is 1. The van der Waals surface area contributed by atoms with Crippen molar-refractivity contribution in [2.45, 2.75) is 31.6 Å². The van der Waals surface area contributed by atoms with Crippen LogP contribution in [-0.4, -0.2) is 10.7 Å². The third-order valence-electron chi connectivity index (χ3n) is 1.71. The minimum absolute atomic E-state index is 1.15. The second-order valence-corrected chi connectivity index (χ2v) is 3.93. The van der Waals surface area contributed by atoms with Gasteiger partial charge in [-0.3, -0.25) is 4.98 Å². The highest BCUT2D eigenvalue weighted by molar-refractivity contribution is 7.99. The smallest absolute Gasteiger partial charge is 0.0508 e. The van der Waals surface area contributed by atoms with Gasteiger partial charge in [-0.15, -0.1) is 11.8 Å². The average Bonchev–Trinajstić information content (AvgIpc) is 2.09. The highest BCUT2D eigenvalue weighted by Gasteiger charge is 1.96. The highest BCUT2D eigenvalue weighted by Crippen LogP contribution is 2.20. The molecule has 0 atom stereocenters. The van der Waals surface area contributed by atoms with Crippen LogP contribution >= 0.6 is 11.8 Å². The van der Waals surface area contributed by atoms with Gasteiger partial charge in [0, 0.05) is 11.1 Å². The molecular formula is C10H15NS. The summed E-state index contributed by atoms with van der Waals surface area (Å²) < 4.78 is 0. The van der Waals surface area contributed by atoms with E-state index in [9.17, 15) is 0 Å². The van der Waals surface area contributed by atoms with Gasteiger partial charge in [0.05, 0.1) is 5.69 Å². The summed E-state index contributed by atoms with van der Waals surface area (Å²) in [6.45, 7) is 4.28. The number of unbranched alkanes of at least 4 members (excludes halogenated alkanes) is 1. The summed E-state index contributed by atoms with van der Waals surface area (Å²) in [7, 11) is 0. The molecule has 0 aromatic carbocycles. The Hall–Kier alpha value is -0.500. The molecule has 1 aromatic heterocycles. The van der Waals surface area contributed by atoms with Crippen molar-refractivity contribution in [3.05, 3.63) is 24.0 Å². The first-order valence-corrected chi connectivity index (χ1v) is 5.37. The van der Waals surface area contributed by atoms with Crippen LogP contribution in [0.5, 0.6) is 0 Å². The molecule has 0 saturated heterocycles. The number of hydrogen-bond acceptors (Lipinski definition) is 2. The average molecular weight is 181 g/mol. The Morgan fingerprint density at radius 3 is 3.00 bits per heavy atom. The zero-order valence-electron chi connectivity index (χ0n) is 7.71. The van der Waals surface area contributed by atoms with Crippen LogP contribution in [0.2, 0.25) is 0 Å². The number of pyridine rings is 1. The van der Waals surface area contributed by atoms with Gasteiger partial charge >= 0.3 is 0 Å². The molecule has 0 N–H and O–H groups in total. The van der Waals surface area contributed by atoms with E-state index < -0.39 is 0 Å². The normalized spacial score (nSPS) is 10.2. The van der Waals surface area contributed by atoms with Gasteiger partial charge in [0.2, 0.25) is 0 Å². The van der Waals surface area contributed by atoms with Crippen molar-refractivity contribution in [3.63, 3.8) is 0 Å². The minimum atomic E-state index is 1.15. The molecule has 2 heteroatoms. The first kappa shape index (κ1) is 9.59. The van der Waals surface area contributed by atoms with E-state index in [-0.39, 0.29) is 0 Å². The van der Waals surface area contributed by atoms with Crippen LogP contribution in [0.1, 0.15) is 25.5 Å². The molecule has 0 radical (unpaired) electrons. The Morgan fingerprint density at radius 1 is 1.50 bits per heavy atom. The molecule has 0 bridgehead atoms. The van der Waals surface area contributed by atoms with Gasteiger partial charge in [0.1, 0.15) is 0 Å². The van der Waals surface area contributed by atoms with Crippen LogP contribution in [-0.2, 0) is 0 Å². The predicted molar refractivity (Wildman–Crippen MR) is 54.6 cm³/mol. The molecule has 1 aromatic rings. The van der Waals surface area contributed by atoms with E-state index in [2.05, 4.69) is 24.9 Å². The number of rotatable bonds is 4. The maximum Gasteiger partial charge on any atom is 0.0508 e. The van der Waals surface area contributed by atoms with Gasteiger partial charge in [0.25, 0.3) is 0 Å². The van der Waals surface area contributed by atoms with Crippen molar-refractivity contribution in [3.8, 4) is 0 Å². The third-order valence-corrected chi connectivity index (χ3v) is 2.95. The lowest BCUT2D eigenvalue weighted by Gasteiger charge is -2.02. The van der Waals surface area contributed by atoms with E-state index in [1.807, 2.05) is 24.0 Å². The molecular weight excluding hydrogens is 166 g/mol. The van der Waals surface area contributed by atoms with Crippen molar-refractivity contribution < 1.29 is 0 Å². The lowest BCUT2D eigenvalue weighted by atomic mass is 10.4. The second-order valence-electron chi connectivity index (χ2n) is 2.79. The quantitative estimate of drug-likeness (QED) is 0.522. The van der Waals surface area contributed by atoms with E-state index in [1.54, 1.807) is 0 Å². The van der Waals surface area contributed by atoms with Crippen molar-refractivity contribution in [2.75, 3.05) is 5.75 Å². The molecule has 1 nitrogen and oxygen atoms in total. The summed E-state index contributed by atoms with van der Waals surface area (Å²) in [5, 5.41) is 0. The van der Waals surface area contributed by atoms with E-state index >= 15 is 0 Å². The molecule has 0 spiro atoms. The largest absolute Gasteiger partial charge is 0.260 e. The summed E-state index contributed by atoms with van der Waals surface area (Å²) >= 11 is 1.91. The van der Waals surface area contributed by atoms with Gasteiger partial charge in [-0.05, 0) is 31.2 Å². The van der Waals surface area contributed by atoms with Crippen LogP contribution in [0.15, 0.2) is 23.2 Å². The second kappa shape index (κ2) is 5.20. The lowest BCUT2D eigenvalue weighted by molar-refractivity contribution is 0.895. The number of hydrogen-bond donors (Lipinski definition) is 0. The van der Waals surface area contributed by atoms with Gasteiger partial charge in [0.15, 0.2) is 0 Å². The first-order valence-electron chi connectivity index (χ1n) is 4.39. The Morgan fingerprint density at radius 2 is 2.33 bits per heavy atom. The lowest BCUT2D eigenvalue weighted by Crippen LogP contribution is -1.85. The molecule has 12 heavy (non-hydrogen) atoms. The maximum atomic E-state index is 4.24. The highest BCUT2D eigenvalue weighted by atomic mass is 32.2. The Bertz CT molecular complexity index is 235. The fourth-order valence-corrected chi connectivity index (χ4v) is 2.04. The molecule has 1 rings (SSSR count). The van der Waals surface area contributed by atoms with Crippen molar-refractivity contribution in [2.24, 2.45) is 0 Å². The van der Waals surface area contributed by atoms with Gasteiger partial charge < -0.3 is 0 Å². The standard InChI is InChI=1S/C10H15NS/c1-3-4-8-12-10-6-5-7-11-9(10)2/h5-7H,3-4,8H2,1-2H3. The topological polar surface area (TPSA) is 12.9 Å². The SMILES string of the molecule is CCCCSc1cccnc1C. The monoisotopic (exact) mass is 181 g/mol. The molecule has 0 fully saturated rings. The molecule has 0 aliphatic carbocycles. The first-order chi connectivity index (χ1) is 5.84. The Kier molecular flexibility index (Phi) is 4.15. The Labute approximate surface area is 78.6 Å². The summed E-state index contributed by atoms with van der Waals surface area (Å²) in [5.74, 6) is 1.21. The van der Waals surface area contributed by atoms with E-state index in [0.29, 0.717) is 0 Å². The van der Waals surface area contributed by atoms with E-state index in [4.69, 9.17) is 0 Å². The number of thioether (sulfide) groups is 1. The fourth-order valence-electron chi connectivity index (χ4n) is 0.949. The van der Waals surface area contributed by atoms with Crippen molar-refractivity contribution in [1.29, 1.82) is 0 Å². The summed E-state index contributed by atoms with van der Waals surface area (Å²) in [6.07, 6.45) is 4.41. The molecule has 0 saturated carbocycles. The zero-order chi connectivity index (χ0) is 8.81. The molecule has 0 aliphatic heterocycles. The van der Waals surface area contributed by atoms with Gasteiger partial charge in [-0.1, -0.05) is 13.3 Å². The van der Waals surface area contributed by atoms with Crippen LogP contribution < -0.4 is 0 Å². The predicted octanol–water partition coefficient (Wildman–Crippen LogP) is 3.28. The minimum Gasteiger partial charge on any atom is -0.260 e. The van der Waals surface area contributed by atoms with E-state index in [0.717, 1.165) is 5.69 Å². The van der Waals surface area contributed by atoms with Crippen molar-refractivity contribution >= 4 is 11.8 Å². The summed E-state index contributed by atoms with van der Waals surface area (Å²) in [5.41, 5.74) is 1.15.